The molecular weight excluding hydrogens is 172 g/mol. The second-order valence-corrected chi connectivity index (χ2v) is 3.30. The van der Waals surface area contributed by atoms with Gasteiger partial charge in [0.2, 0.25) is 6.29 Å². The second kappa shape index (κ2) is 3.89. The van der Waals surface area contributed by atoms with Gasteiger partial charge >= 0.3 is 5.97 Å². The maximum absolute atomic E-state index is 10.9. The van der Waals surface area contributed by atoms with Crippen LogP contribution in [0.4, 0.5) is 0 Å². The van der Waals surface area contributed by atoms with Crippen molar-refractivity contribution in [2.24, 2.45) is 0 Å². The highest BCUT2D eigenvalue weighted by Crippen LogP contribution is 2.22. The summed E-state index contributed by atoms with van der Waals surface area (Å²) in [5.74, 6) is -0.497. The van der Waals surface area contributed by atoms with Gasteiger partial charge in [-0.3, -0.25) is 0 Å². The number of carbonyl (C=O) groups is 1. The third-order valence-electron chi connectivity index (χ3n) is 1.78. The molecule has 74 valence electrons. The van der Waals surface area contributed by atoms with Gasteiger partial charge in [-0.15, -0.1) is 0 Å². The molecule has 1 rings (SSSR count). The third kappa shape index (κ3) is 2.54. The molecule has 0 saturated carbocycles. The van der Waals surface area contributed by atoms with Gasteiger partial charge in [-0.2, -0.15) is 0 Å². The first-order valence-corrected chi connectivity index (χ1v) is 4.15. The first-order valence-electron chi connectivity index (χ1n) is 4.15. The van der Waals surface area contributed by atoms with Gasteiger partial charge in [-0.25, -0.2) is 4.79 Å². The van der Waals surface area contributed by atoms with E-state index in [2.05, 4.69) is 6.58 Å². The monoisotopic (exact) mass is 186 g/mol. The third-order valence-corrected chi connectivity index (χ3v) is 1.78. The summed E-state index contributed by atoms with van der Waals surface area (Å²) in [7, 11) is 0. The van der Waals surface area contributed by atoms with E-state index in [4.69, 9.17) is 14.2 Å². The van der Waals surface area contributed by atoms with Crippen molar-refractivity contribution in [1.29, 1.82) is 0 Å². The predicted molar refractivity (Wildman–Crippen MR) is 46.1 cm³/mol. The van der Waals surface area contributed by atoms with Crippen molar-refractivity contribution in [1.82, 2.24) is 0 Å². The normalized spacial score (nSPS) is 26.5. The number of carbonyl (C=O) groups excluding carboxylic acids is 1. The molecule has 1 aliphatic heterocycles. The topological polar surface area (TPSA) is 44.8 Å². The molecule has 0 bridgehead atoms. The van der Waals surface area contributed by atoms with Gasteiger partial charge in [0.1, 0.15) is 5.60 Å². The second-order valence-electron chi connectivity index (χ2n) is 3.30. The van der Waals surface area contributed by atoms with Gasteiger partial charge in [0.15, 0.2) is 0 Å². The Morgan fingerprint density at radius 3 is 2.85 bits per heavy atom. The summed E-state index contributed by atoms with van der Waals surface area (Å²) in [5, 5.41) is 0. The molecule has 0 N–H and O–H groups in total. The average molecular weight is 186 g/mol. The molecule has 4 heteroatoms. The van der Waals surface area contributed by atoms with Gasteiger partial charge in [0.05, 0.1) is 13.2 Å². The maximum Gasteiger partial charge on any atom is 0.332 e. The summed E-state index contributed by atoms with van der Waals surface area (Å²) in [6.45, 7) is 7.89. The highest BCUT2D eigenvalue weighted by Gasteiger charge is 2.37. The molecule has 1 heterocycles. The van der Waals surface area contributed by atoms with E-state index in [0.717, 1.165) is 6.08 Å². The lowest BCUT2D eigenvalue weighted by Gasteiger charge is -2.36. The van der Waals surface area contributed by atoms with Crippen molar-refractivity contribution < 1.29 is 19.0 Å². The zero-order chi connectivity index (χ0) is 9.90. The molecule has 1 saturated heterocycles. The number of ether oxygens (including phenoxy) is 3. The Labute approximate surface area is 77.5 Å². The summed E-state index contributed by atoms with van der Waals surface area (Å²) in [4.78, 5) is 10.9. The molecule has 0 aromatic carbocycles. The molecule has 0 aliphatic carbocycles. The Morgan fingerprint density at radius 2 is 2.31 bits per heavy atom. The number of rotatable bonds is 2. The minimum atomic E-state index is -0.647. The van der Waals surface area contributed by atoms with Crippen molar-refractivity contribution in [3.05, 3.63) is 12.7 Å². The van der Waals surface area contributed by atoms with Crippen molar-refractivity contribution in [3.8, 4) is 0 Å². The molecule has 1 unspecified atom stereocenters. The Balaban J connectivity index is 2.55. The quantitative estimate of drug-likeness (QED) is 0.474. The molecule has 13 heavy (non-hydrogen) atoms. The van der Waals surface area contributed by atoms with Crippen LogP contribution in [0.3, 0.4) is 0 Å². The van der Waals surface area contributed by atoms with Gasteiger partial charge < -0.3 is 14.2 Å². The zero-order valence-electron chi connectivity index (χ0n) is 7.91. The van der Waals surface area contributed by atoms with E-state index in [0.29, 0.717) is 13.2 Å². The first kappa shape index (κ1) is 10.2. The maximum atomic E-state index is 10.9. The van der Waals surface area contributed by atoms with Gasteiger partial charge in [0.25, 0.3) is 0 Å². The van der Waals surface area contributed by atoms with E-state index < -0.39 is 17.9 Å². The van der Waals surface area contributed by atoms with E-state index in [9.17, 15) is 4.79 Å². The van der Waals surface area contributed by atoms with Crippen LogP contribution in [0.25, 0.3) is 0 Å². The van der Waals surface area contributed by atoms with E-state index in [1.807, 2.05) is 13.8 Å². The molecule has 0 amide bonds. The van der Waals surface area contributed by atoms with Crippen molar-refractivity contribution in [2.45, 2.75) is 25.7 Å². The van der Waals surface area contributed by atoms with Crippen LogP contribution in [0.2, 0.25) is 0 Å². The van der Waals surface area contributed by atoms with E-state index in [1.165, 1.54) is 0 Å². The van der Waals surface area contributed by atoms with Gasteiger partial charge in [-0.1, -0.05) is 6.58 Å². The SMILES string of the molecule is C=CC(=O)OC1OCCOC1(C)C. The van der Waals surface area contributed by atoms with E-state index in [1.54, 1.807) is 0 Å². The Hall–Kier alpha value is -0.870. The summed E-state index contributed by atoms with van der Waals surface area (Å²) in [5.41, 5.74) is -0.586. The van der Waals surface area contributed by atoms with Crippen molar-refractivity contribution >= 4 is 5.97 Å². The fraction of sp³-hybridized carbons (Fsp3) is 0.667. The van der Waals surface area contributed by atoms with Gasteiger partial charge in [0, 0.05) is 6.08 Å². The minimum Gasteiger partial charge on any atom is -0.429 e. The van der Waals surface area contributed by atoms with Gasteiger partial charge in [-0.05, 0) is 13.8 Å². The molecule has 0 aromatic heterocycles. The molecule has 0 spiro atoms. The first-order chi connectivity index (χ1) is 6.06. The summed E-state index contributed by atoms with van der Waals surface area (Å²) >= 11 is 0. The standard InChI is InChI=1S/C9H14O4/c1-4-7(10)13-8-9(2,3)12-6-5-11-8/h4,8H,1,5-6H2,2-3H3. The average Bonchev–Trinajstić information content (AvgIpc) is 2.08. The molecular formula is C9H14O4. The van der Waals surface area contributed by atoms with Crippen LogP contribution >= 0.6 is 0 Å². The smallest absolute Gasteiger partial charge is 0.332 e. The summed E-state index contributed by atoms with van der Waals surface area (Å²) in [6, 6.07) is 0. The minimum absolute atomic E-state index is 0.443. The number of esters is 1. The predicted octanol–water partition coefficient (Wildman–Crippen LogP) is 0.867. The lowest BCUT2D eigenvalue weighted by Crippen LogP contribution is -2.48. The van der Waals surface area contributed by atoms with Crippen molar-refractivity contribution in [2.75, 3.05) is 13.2 Å². The number of hydrogen-bond donors (Lipinski definition) is 0. The Morgan fingerprint density at radius 1 is 1.62 bits per heavy atom. The van der Waals surface area contributed by atoms with Crippen LogP contribution in [0.5, 0.6) is 0 Å². The fourth-order valence-corrected chi connectivity index (χ4v) is 1.06. The molecule has 0 aromatic rings. The highest BCUT2D eigenvalue weighted by atomic mass is 16.7. The Kier molecular flexibility index (Phi) is 3.06. The number of hydrogen-bond acceptors (Lipinski definition) is 4. The molecule has 4 nitrogen and oxygen atoms in total. The highest BCUT2D eigenvalue weighted by molar-refractivity contribution is 5.81. The fourth-order valence-electron chi connectivity index (χ4n) is 1.06. The van der Waals surface area contributed by atoms with Crippen LogP contribution in [-0.4, -0.2) is 31.1 Å². The van der Waals surface area contributed by atoms with Crippen LogP contribution in [-0.2, 0) is 19.0 Å². The van der Waals surface area contributed by atoms with Crippen LogP contribution in [0.1, 0.15) is 13.8 Å². The summed E-state index contributed by atoms with van der Waals surface area (Å²) in [6.07, 6.45) is 0.459. The van der Waals surface area contributed by atoms with Crippen LogP contribution in [0.15, 0.2) is 12.7 Å². The summed E-state index contributed by atoms with van der Waals surface area (Å²) < 4.78 is 15.6. The Bertz CT molecular complexity index is 210. The lowest BCUT2D eigenvalue weighted by molar-refractivity contribution is -0.272. The zero-order valence-corrected chi connectivity index (χ0v) is 7.91. The van der Waals surface area contributed by atoms with Crippen LogP contribution < -0.4 is 0 Å². The molecule has 1 fully saturated rings. The molecule has 1 aliphatic rings. The van der Waals surface area contributed by atoms with E-state index in [-0.39, 0.29) is 0 Å². The van der Waals surface area contributed by atoms with Crippen molar-refractivity contribution in [3.63, 3.8) is 0 Å². The largest absolute Gasteiger partial charge is 0.429 e. The van der Waals surface area contributed by atoms with E-state index >= 15 is 0 Å². The molecule has 1 atom stereocenters. The lowest BCUT2D eigenvalue weighted by atomic mass is 10.1. The van der Waals surface area contributed by atoms with Crippen LogP contribution in [0, 0.1) is 0 Å². The molecule has 0 radical (unpaired) electrons.